The van der Waals surface area contributed by atoms with Crippen molar-refractivity contribution in [3.8, 4) is 17.0 Å². The summed E-state index contributed by atoms with van der Waals surface area (Å²) in [5.41, 5.74) is 10.8. The Morgan fingerprint density at radius 2 is 1.94 bits per heavy atom. The van der Waals surface area contributed by atoms with E-state index in [9.17, 15) is 0 Å². The molecule has 0 amide bonds. The van der Waals surface area contributed by atoms with Crippen LogP contribution in [0.5, 0.6) is 5.75 Å². The van der Waals surface area contributed by atoms with E-state index >= 15 is 0 Å². The fourth-order valence-electron chi connectivity index (χ4n) is 2.12. The number of imidazole rings is 1. The van der Waals surface area contributed by atoms with Crippen molar-refractivity contribution in [2.75, 3.05) is 12.8 Å². The smallest absolute Gasteiger partial charge is 0.198 e. The van der Waals surface area contributed by atoms with E-state index in [0.717, 1.165) is 28.3 Å². The number of aromatic amines is 1. The van der Waals surface area contributed by atoms with Crippen LogP contribution in [-0.4, -0.2) is 17.1 Å². The minimum absolute atomic E-state index is 0.430. The molecular formula is C13H17N3O. The Hall–Kier alpha value is -1.97. The normalized spacial score (nSPS) is 10.6. The van der Waals surface area contributed by atoms with E-state index in [1.165, 1.54) is 5.56 Å². The third-order valence-electron chi connectivity index (χ3n) is 2.80. The highest BCUT2D eigenvalue weighted by Crippen LogP contribution is 2.35. The fourth-order valence-corrected chi connectivity index (χ4v) is 2.12. The van der Waals surface area contributed by atoms with Crippen molar-refractivity contribution in [2.45, 2.75) is 20.8 Å². The number of ether oxygens (including phenoxy) is 1. The summed E-state index contributed by atoms with van der Waals surface area (Å²) in [6, 6.07) is 4.12. The second-order valence-corrected chi connectivity index (χ2v) is 4.25. The van der Waals surface area contributed by atoms with Gasteiger partial charge in [-0.05, 0) is 38.0 Å². The molecule has 2 rings (SSSR count). The van der Waals surface area contributed by atoms with Crippen molar-refractivity contribution in [3.05, 3.63) is 29.0 Å². The van der Waals surface area contributed by atoms with Gasteiger partial charge in [-0.1, -0.05) is 6.07 Å². The molecule has 1 aromatic heterocycles. The van der Waals surface area contributed by atoms with Crippen LogP contribution in [0.4, 0.5) is 5.95 Å². The van der Waals surface area contributed by atoms with Crippen molar-refractivity contribution in [2.24, 2.45) is 0 Å². The lowest BCUT2D eigenvalue weighted by molar-refractivity contribution is 0.415. The zero-order valence-electron chi connectivity index (χ0n) is 10.6. The van der Waals surface area contributed by atoms with Gasteiger partial charge in [0.25, 0.3) is 0 Å². The minimum atomic E-state index is 0.430. The quantitative estimate of drug-likeness (QED) is 0.835. The number of hydrogen-bond acceptors (Lipinski definition) is 3. The maximum Gasteiger partial charge on any atom is 0.198 e. The Balaban J connectivity index is 2.70. The number of aromatic nitrogens is 2. The van der Waals surface area contributed by atoms with Gasteiger partial charge in [-0.3, -0.25) is 0 Å². The number of methoxy groups -OCH3 is 1. The molecule has 0 radical (unpaired) electrons. The van der Waals surface area contributed by atoms with Gasteiger partial charge in [0.15, 0.2) is 5.95 Å². The third-order valence-corrected chi connectivity index (χ3v) is 2.80. The maximum absolute atomic E-state index is 5.68. The Morgan fingerprint density at radius 3 is 2.47 bits per heavy atom. The van der Waals surface area contributed by atoms with Crippen LogP contribution in [0.15, 0.2) is 12.1 Å². The minimum Gasteiger partial charge on any atom is -0.496 e. The average molecular weight is 231 g/mol. The van der Waals surface area contributed by atoms with Gasteiger partial charge in [0, 0.05) is 11.3 Å². The average Bonchev–Trinajstić information content (AvgIpc) is 2.56. The Kier molecular flexibility index (Phi) is 2.79. The number of aryl methyl sites for hydroxylation is 3. The molecule has 90 valence electrons. The van der Waals surface area contributed by atoms with E-state index in [0.29, 0.717) is 5.95 Å². The first-order valence-corrected chi connectivity index (χ1v) is 5.50. The number of rotatable bonds is 2. The number of nitrogens with zero attached hydrogens (tertiary/aromatic N) is 1. The summed E-state index contributed by atoms with van der Waals surface area (Å²) >= 11 is 0. The molecule has 0 fully saturated rings. The van der Waals surface area contributed by atoms with Crippen molar-refractivity contribution >= 4 is 5.95 Å². The van der Waals surface area contributed by atoms with E-state index in [4.69, 9.17) is 10.5 Å². The molecule has 0 aliphatic carbocycles. The highest BCUT2D eigenvalue weighted by molar-refractivity contribution is 5.74. The zero-order valence-corrected chi connectivity index (χ0v) is 10.6. The van der Waals surface area contributed by atoms with E-state index in [-0.39, 0.29) is 0 Å². The number of hydrogen-bond donors (Lipinski definition) is 2. The second-order valence-electron chi connectivity index (χ2n) is 4.25. The Morgan fingerprint density at radius 1 is 1.24 bits per heavy atom. The van der Waals surface area contributed by atoms with Gasteiger partial charge < -0.3 is 15.5 Å². The molecule has 1 aromatic carbocycles. The number of anilines is 1. The van der Waals surface area contributed by atoms with Crippen LogP contribution < -0.4 is 10.5 Å². The predicted molar refractivity (Wildman–Crippen MR) is 69.2 cm³/mol. The Labute approximate surface area is 101 Å². The molecule has 4 heteroatoms. The zero-order chi connectivity index (χ0) is 12.6. The summed E-state index contributed by atoms with van der Waals surface area (Å²) in [6.45, 7) is 6.05. The van der Waals surface area contributed by atoms with Gasteiger partial charge in [0.1, 0.15) is 5.75 Å². The molecule has 0 saturated heterocycles. The summed E-state index contributed by atoms with van der Waals surface area (Å²) in [5, 5.41) is 0. The highest BCUT2D eigenvalue weighted by Gasteiger charge is 2.15. The van der Waals surface area contributed by atoms with E-state index in [2.05, 4.69) is 23.0 Å². The summed E-state index contributed by atoms with van der Waals surface area (Å²) in [5.74, 6) is 1.26. The molecule has 0 aliphatic rings. The van der Waals surface area contributed by atoms with Gasteiger partial charge >= 0.3 is 0 Å². The topological polar surface area (TPSA) is 63.9 Å². The first-order chi connectivity index (χ1) is 8.02. The molecule has 17 heavy (non-hydrogen) atoms. The molecule has 0 atom stereocenters. The summed E-state index contributed by atoms with van der Waals surface area (Å²) in [4.78, 5) is 7.33. The van der Waals surface area contributed by atoms with Crippen molar-refractivity contribution in [1.82, 2.24) is 9.97 Å². The largest absolute Gasteiger partial charge is 0.496 e. The van der Waals surface area contributed by atoms with Crippen LogP contribution in [0.2, 0.25) is 0 Å². The molecule has 0 unspecified atom stereocenters. The number of benzene rings is 1. The van der Waals surface area contributed by atoms with E-state index < -0.39 is 0 Å². The van der Waals surface area contributed by atoms with Crippen molar-refractivity contribution in [1.29, 1.82) is 0 Å². The molecule has 0 saturated carbocycles. The van der Waals surface area contributed by atoms with Crippen molar-refractivity contribution < 1.29 is 4.74 Å². The van der Waals surface area contributed by atoms with Crippen LogP contribution in [0.1, 0.15) is 16.8 Å². The van der Waals surface area contributed by atoms with Gasteiger partial charge in [-0.15, -0.1) is 0 Å². The van der Waals surface area contributed by atoms with Crippen LogP contribution in [0.3, 0.4) is 0 Å². The Bertz CT molecular complexity index is 558. The monoisotopic (exact) mass is 231 g/mol. The van der Waals surface area contributed by atoms with Gasteiger partial charge in [-0.25, -0.2) is 4.98 Å². The first-order valence-electron chi connectivity index (χ1n) is 5.50. The summed E-state index contributed by atoms with van der Waals surface area (Å²) < 4.78 is 5.43. The molecule has 4 nitrogen and oxygen atoms in total. The molecule has 3 N–H and O–H groups in total. The SMILES string of the molecule is COc1cc(C)cc(C)c1-c1nc(N)[nH]c1C. The summed E-state index contributed by atoms with van der Waals surface area (Å²) in [6.07, 6.45) is 0. The third kappa shape index (κ3) is 1.98. The molecular weight excluding hydrogens is 214 g/mol. The maximum atomic E-state index is 5.68. The molecule has 2 aromatic rings. The van der Waals surface area contributed by atoms with Crippen molar-refractivity contribution in [3.63, 3.8) is 0 Å². The molecule has 0 aliphatic heterocycles. The highest BCUT2D eigenvalue weighted by atomic mass is 16.5. The van der Waals surface area contributed by atoms with Gasteiger partial charge in [-0.2, -0.15) is 0 Å². The van der Waals surface area contributed by atoms with E-state index in [1.807, 2.05) is 19.9 Å². The van der Waals surface area contributed by atoms with Crippen LogP contribution >= 0.6 is 0 Å². The van der Waals surface area contributed by atoms with Gasteiger partial charge in [0.2, 0.25) is 0 Å². The van der Waals surface area contributed by atoms with Crippen LogP contribution in [0, 0.1) is 20.8 Å². The lowest BCUT2D eigenvalue weighted by atomic mass is 10.0. The number of nitrogens with two attached hydrogens (primary N) is 1. The van der Waals surface area contributed by atoms with Crippen LogP contribution in [0.25, 0.3) is 11.3 Å². The van der Waals surface area contributed by atoms with Crippen LogP contribution in [-0.2, 0) is 0 Å². The number of nitrogens with one attached hydrogen (secondary N) is 1. The lowest BCUT2D eigenvalue weighted by Crippen LogP contribution is -1.94. The standard InChI is InChI=1S/C13H17N3O/c1-7-5-8(2)11(10(6-7)17-4)12-9(3)15-13(14)16-12/h5-6H,1-4H3,(H3,14,15,16). The first kappa shape index (κ1) is 11.5. The fraction of sp³-hybridized carbons (Fsp3) is 0.308. The molecule has 0 spiro atoms. The molecule has 0 bridgehead atoms. The lowest BCUT2D eigenvalue weighted by Gasteiger charge is -2.11. The number of H-pyrrole nitrogens is 1. The number of nitrogen functional groups attached to an aromatic ring is 1. The predicted octanol–water partition coefficient (Wildman–Crippen LogP) is 2.59. The van der Waals surface area contributed by atoms with E-state index in [1.54, 1.807) is 7.11 Å². The summed E-state index contributed by atoms with van der Waals surface area (Å²) in [7, 11) is 1.67. The van der Waals surface area contributed by atoms with Gasteiger partial charge in [0.05, 0.1) is 12.8 Å². The molecule has 1 heterocycles. The second kappa shape index (κ2) is 4.13.